The van der Waals surface area contributed by atoms with E-state index in [1.54, 1.807) is 0 Å². The molecule has 5 rings (SSSR count). The number of carbonyl (C=O) groups excluding carboxylic acids is 1. The zero-order valence-corrected chi connectivity index (χ0v) is 19.3. The van der Waals surface area contributed by atoms with Gasteiger partial charge in [0.15, 0.2) is 0 Å². The van der Waals surface area contributed by atoms with Gasteiger partial charge in [-0.25, -0.2) is 4.98 Å². The second kappa shape index (κ2) is 9.80. The lowest BCUT2D eigenvalue weighted by molar-refractivity contribution is -0.126. The Hall–Kier alpha value is -3.11. The van der Waals surface area contributed by atoms with Crippen LogP contribution in [0.4, 0.5) is 0 Å². The molecule has 1 heterocycles. The normalized spacial score (nSPS) is 15.4. The third kappa shape index (κ3) is 4.67. The van der Waals surface area contributed by atoms with Gasteiger partial charge in [-0.2, -0.15) is 0 Å². The third-order valence-electron chi connectivity index (χ3n) is 6.65. The Kier molecular flexibility index (Phi) is 6.45. The Bertz CT molecular complexity index is 1230. The Morgan fingerprint density at radius 2 is 1.64 bits per heavy atom. The monoisotopic (exact) mass is 457 g/mol. The maximum absolute atomic E-state index is 13.8. The first-order chi connectivity index (χ1) is 16.2. The molecule has 33 heavy (non-hydrogen) atoms. The Balaban J connectivity index is 1.59. The lowest BCUT2D eigenvalue weighted by Crippen LogP contribution is -2.37. The molecule has 4 aromatic rings. The molecule has 1 fully saturated rings. The standard InChI is InChI=1S/C28H28ClN3O/c29-23-17-15-22(16-18-23)27-31-24-13-7-8-14-25(24)32(27)26(21-11-5-2-6-12-21)28(33)30-19-20-9-3-1-4-10-20/h1,3-4,7-10,13-18,21,26H,2,5-6,11-12,19H2,(H,30,33). The zero-order chi connectivity index (χ0) is 22.6. The summed E-state index contributed by atoms with van der Waals surface area (Å²) in [5, 5.41) is 3.91. The van der Waals surface area contributed by atoms with Crippen molar-refractivity contribution in [2.75, 3.05) is 0 Å². The predicted molar refractivity (Wildman–Crippen MR) is 134 cm³/mol. The summed E-state index contributed by atoms with van der Waals surface area (Å²) in [7, 11) is 0. The van der Waals surface area contributed by atoms with Crippen LogP contribution in [0.25, 0.3) is 22.4 Å². The summed E-state index contributed by atoms with van der Waals surface area (Å²) >= 11 is 6.16. The van der Waals surface area contributed by atoms with E-state index in [-0.39, 0.29) is 17.9 Å². The van der Waals surface area contributed by atoms with E-state index in [1.807, 2.05) is 72.8 Å². The van der Waals surface area contributed by atoms with Crippen molar-refractivity contribution in [1.82, 2.24) is 14.9 Å². The highest BCUT2D eigenvalue weighted by atomic mass is 35.5. The highest BCUT2D eigenvalue weighted by Gasteiger charge is 2.34. The molecule has 1 aliphatic carbocycles. The minimum atomic E-state index is -0.313. The van der Waals surface area contributed by atoms with Gasteiger partial charge >= 0.3 is 0 Å². The summed E-state index contributed by atoms with van der Waals surface area (Å²) < 4.78 is 2.18. The van der Waals surface area contributed by atoms with E-state index >= 15 is 0 Å². The number of amides is 1. The summed E-state index contributed by atoms with van der Waals surface area (Å²) in [6.45, 7) is 0.520. The van der Waals surface area contributed by atoms with E-state index in [0.29, 0.717) is 11.6 Å². The van der Waals surface area contributed by atoms with E-state index in [2.05, 4.69) is 16.0 Å². The SMILES string of the molecule is O=C(NCc1ccccc1)C(C1CCCCC1)n1c(-c2ccc(Cl)cc2)nc2ccccc21. The molecule has 1 unspecified atom stereocenters. The molecule has 0 radical (unpaired) electrons. The molecule has 1 amide bonds. The number of aromatic nitrogens is 2. The molecule has 0 aliphatic heterocycles. The topological polar surface area (TPSA) is 46.9 Å². The average Bonchev–Trinajstić information content (AvgIpc) is 3.24. The van der Waals surface area contributed by atoms with E-state index in [1.165, 1.54) is 6.42 Å². The second-order valence-electron chi connectivity index (χ2n) is 8.85. The van der Waals surface area contributed by atoms with E-state index in [9.17, 15) is 4.79 Å². The quantitative estimate of drug-likeness (QED) is 0.346. The van der Waals surface area contributed by atoms with Gasteiger partial charge in [-0.15, -0.1) is 0 Å². The minimum Gasteiger partial charge on any atom is -0.350 e. The van der Waals surface area contributed by atoms with E-state index in [0.717, 1.165) is 53.7 Å². The number of hydrogen-bond acceptors (Lipinski definition) is 2. The molecule has 1 aliphatic rings. The molecule has 5 heteroatoms. The van der Waals surface area contributed by atoms with Gasteiger partial charge in [0.2, 0.25) is 5.91 Å². The van der Waals surface area contributed by atoms with Gasteiger partial charge in [0, 0.05) is 17.1 Å². The molecule has 0 bridgehead atoms. The molecule has 4 nitrogen and oxygen atoms in total. The van der Waals surface area contributed by atoms with Gasteiger partial charge < -0.3 is 9.88 Å². The fourth-order valence-electron chi connectivity index (χ4n) is 5.01. The van der Waals surface area contributed by atoms with Crippen LogP contribution < -0.4 is 5.32 Å². The number of para-hydroxylation sites is 2. The smallest absolute Gasteiger partial charge is 0.243 e. The van der Waals surface area contributed by atoms with Crippen molar-refractivity contribution >= 4 is 28.5 Å². The maximum atomic E-state index is 13.8. The Labute approximate surface area is 199 Å². The van der Waals surface area contributed by atoms with Gasteiger partial charge in [0.25, 0.3) is 0 Å². The molecule has 168 valence electrons. The zero-order valence-electron chi connectivity index (χ0n) is 18.6. The van der Waals surface area contributed by atoms with Crippen LogP contribution in [0.15, 0.2) is 78.9 Å². The number of imidazole rings is 1. The molecule has 1 N–H and O–H groups in total. The Morgan fingerprint density at radius 1 is 0.939 bits per heavy atom. The van der Waals surface area contributed by atoms with Crippen molar-refractivity contribution in [1.29, 1.82) is 0 Å². The summed E-state index contributed by atoms with van der Waals surface area (Å²) in [5.41, 5.74) is 3.96. The van der Waals surface area contributed by atoms with Crippen LogP contribution in [-0.2, 0) is 11.3 Å². The van der Waals surface area contributed by atoms with Crippen molar-refractivity contribution in [3.63, 3.8) is 0 Å². The van der Waals surface area contributed by atoms with Gasteiger partial charge in [-0.05, 0) is 60.7 Å². The molecule has 1 atom stereocenters. The maximum Gasteiger partial charge on any atom is 0.243 e. The van der Waals surface area contributed by atoms with Gasteiger partial charge in [-0.3, -0.25) is 4.79 Å². The summed E-state index contributed by atoms with van der Waals surface area (Å²) in [6, 6.07) is 25.6. The van der Waals surface area contributed by atoms with Crippen molar-refractivity contribution < 1.29 is 4.79 Å². The van der Waals surface area contributed by atoms with Crippen LogP contribution >= 0.6 is 11.6 Å². The molecule has 1 saturated carbocycles. The fraction of sp³-hybridized carbons (Fsp3) is 0.286. The number of rotatable bonds is 6. The summed E-state index contributed by atoms with van der Waals surface area (Å²) in [4.78, 5) is 18.8. The molecular weight excluding hydrogens is 430 g/mol. The molecule has 0 saturated heterocycles. The first-order valence-corrected chi connectivity index (χ1v) is 12.1. The highest BCUT2D eigenvalue weighted by molar-refractivity contribution is 6.30. The van der Waals surface area contributed by atoms with Crippen molar-refractivity contribution in [3.8, 4) is 11.4 Å². The molecule has 3 aromatic carbocycles. The molecular formula is C28H28ClN3O. The van der Waals surface area contributed by atoms with Crippen LogP contribution in [0.2, 0.25) is 5.02 Å². The number of fused-ring (bicyclic) bond motifs is 1. The van der Waals surface area contributed by atoms with E-state index in [4.69, 9.17) is 16.6 Å². The second-order valence-corrected chi connectivity index (χ2v) is 9.28. The van der Waals surface area contributed by atoms with Gasteiger partial charge in [0.1, 0.15) is 11.9 Å². The van der Waals surface area contributed by atoms with Crippen LogP contribution in [0.5, 0.6) is 0 Å². The van der Waals surface area contributed by atoms with E-state index < -0.39 is 0 Å². The molecule has 1 aromatic heterocycles. The number of nitrogens with one attached hydrogen (secondary N) is 1. The van der Waals surface area contributed by atoms with Crippen LogP contribution in [0.1, 0.15) is 43.7 Å². The number of carbonyl (C=O) groups is 1. The molecule has 0 spiro atoms. The minimum absolute atomic E-state index is 0.0594. The van der Waals surface area contributed by atoms with Crippen molar-refractivity contribution in [3.05, 3.63) is 89.4 Å². The predicted octanol–water partition coefficient (Wildman–Crippen LogP) is 6.79. The number of benzene rings is 3. The largest absolute Gasteiger partial charge is 0.350 e. The number of halogens is 1. The van der Waals surface area contributed by atoms with Crippen LogP contribution in [0, 0.1) is 5.92 Å². The lowest BCUT2D eigenvalue weighted by atomic mass is 9.83. The van der Waals surface area contributed by atoms with Crippen molar-refractivity contribution in [2.24, 2.45) is 5.92 Å². The third-order valence-corrected chi connectivity index (χ3v) is 6.90. The van der Waals surface area contributed by atoms with Gasteiger partial charge in [-0.1, -0.05) is 73.3 Å². The lowest BCUT2D eigenvalue weighted by Gasteiger charge is -2.32. The van der Waals surface area contributed by atoms with Gasteiger partial charge in [0.05, 0.1) is 11.0 Å². The number of hydrogen-bond donors (Lipinski definition) is 1. The summed E-state index contributed by atoms with van der Waals surface area (Å²) in [6.07, 6.45) is 5.67. The van der Waals surface area contributed by atoms with Crippen molar-refractivity contribution in [2.45, 2.75) is 44.7 Å². The highest BCUT2D eigenvalue weighted by Crippen LogP contribution is 2.38. The Morgan fingerprint density at radius 3 is 2.39 bits per heavy atom. The average molecular weight is 458 g/mol. The van der Waals surface area contributed by atoms with Crippen LogP contribution in [0.3, 0.4) is 0 Å². The number of nitrogens with zero attached hydrogens (tertiary/aromatic N) is 2. The first kappa shape index (κ1) is 21.7. The fourth-order valence-corrected chi connectivity index (χ4v) is 5.14. The first-order valence-electron chi connectivity index (χ1n) is 11.8. The summed E-state index contributed by atoms with van der Waals surface area (Å²) in [5.74, 6) is 1.15. The van der Waals surface area contributed by atoms with Crippen LogP contribution in [-0.4, -0.2) is 15.5 Å².